The van der Waals surface area contributed by atoms with Crippen molar-refractivity contribution in [2.24, 2.45) is 0 Å². The zero-order valence-corrected chi connectivity index (χ0v) is 11.7. The summed E-state index contributed by atoms with van der Waals surface area (Å²) in [7, 11) is 0. The lowest BCUT2D eigenvalue weighted by atomic mass is 9.80. The van der Waals surface area contributed by atoms with Crippen molar-refractivity contribution in [3.8, 4) is 0 Å². The van der Waals surface area contributed by atoms with E-state index in [0.29, 0.717) is 11.8 Å². The second-order valence-corrected chi connectivity index (χ2v) is 5.76. The standard InChI is InChI=1S/C17H22O2/c1-12(2)14-6-8-15(9-7-14)16-5-3-4-13(10-16)11-17(18)19/h6-9,11-12,16H,3-5,10H2,1-2H3,(H,18,19). The van der Waals surface area contributed by atoms with E-state index >= 15 is 0 Å². The van der Waals surface area contributed by atoms with Gasteiger partial charge in [-0.05, 0) is 48.6 Å². The van der Waals surface area contributed by atoms with Crippen molar-refractivity contribution in [1.82, 2.24) is 0 Å². The van der Waals surface area contributed by atoms with Gasteiger partial charge in [0.2, 0.25) is 0 Å². The lowest BCUT2D eigenvalue weighted by molar-refractivity contribution is -0.131. The number of benzene rings is 1. The molecular formula is C17H22O2. The zero-order chi connectivity index (χ0) is 13.8. The quantitative estimate of drug-likeness (QED) is 0.812. The largest absolute Gasteiger partial charge is 0.478 e. The fourth-order valence-corrected chi connectivity index (χ4v) is 2.84. The first kappa shape index (κ1) is 13.9. The van der Waals surface area contributed by atoms with Crippen LogP contribution in [0.2, 0.25) is 0 Å². The van der Waals surface area contributed by atoms with Crippen molar-refractivity contribution in [3.05, 3.63) is 47.0 Å². The summed E-state index contributed by atoms with van der Waals surface area (Å²) in [5, 5.41) is 8.84. The molecule has 1 aliphatic rings. The molecule has 0 saturated heterocycles. The lowest BCUT2D eigenvalue weighted by Gasteiger charge is -2.24. The molecule has 0 heterocycles. The number of aliphatic carboxylic acids is 1. The molecule has 0 amide bonds. The van der Waals surface area contributed by atoms with E-state index in [1.165, 1.54) is 17.2 Å². The van der Waals surface area contributed by atoms with Crippen molar-refractivity contribution in [2.45, 2.75) is 51.4 Å². The number of allylic oxidation sites excluding steroid dienone is 1. The zero-order valence-electron chi connectivity index (χ0n) is 11.7. The van der Waals surface area contributed by atoms with Gasteiger partial charge in [0.15, 0.2) is 0 Å². The Labute approximate surface area is 115 Å². The summed E-state index contributed by atoms with van der Waals surface area (Å²) in [6.45, 7) is 4.40. The first-order chi connectivity index (χ1) is 9.06. The van der Waals surface area contributed by atoms with Gasteiger partial charge in [-0.1, -0.05) is 43.7 Å². The van der Waals surface area contributed by atoms with E-state index in [9.17, 15) is 4.79 Å². The maximum atomic E-state index is 10.8. The van der Waals surface area contributed by atoms with Gasteiger partial charge in [-0.2, -0.15) is 0 Å². The topological polar surface area (TPSA) is 37.3 Å². The minimum absolute atomic E-state index is 0.487. The molecule has 1 aliphatic carbocycles. The molecule has 1 fully saturated rings. The number of carbonyl (C=O) groups is 1. The number of hydrogen-bond donors (Lipinski definition) is 1. The molecule has 0 radical (unpaired) electrons. The predicted octanol–water partition coefficient (Wildman–Crippen LogP) is 4.48. The molecule has 102 valence electrons. The molecule has 1 saturated carbocycles. The van der Waals surface area contributed by atoms with Crippen LogP contribution in [0, 0.1) is 0 Å². The second kappa shape index (κ2) is 6.05. The average molecular weight is 258 g/mol. The fraction of sp³-hybridized carbons (Fsp3) is 0.471. The SMILES string of the molecule is CC(C)c1ccc(C2CCCC(=CC(=O)O)C2)cc1. The Bertz CT molecular complexity index is 469. The van der Waals surface area contributed by atoms with Crippen LogP contribution in [-0.4, -0.2) is 11.1 Å². The highest BCUT2D eigenvalue weighted by molar-refractivity contribution is 5.80. The van der Waals surface area contributed by atoms with Crippen LogP contribution in [0.5, 0.6) is 0 Å². The van der Waals surface area contributed by atoms with Crippen LogP contribution >= 0.6 is 0 Å². The molecule has 2 nitrogen and oxygen atoms in total. The number of carboxylic acids is 1. The summed E-state index contributed by atoms with van der Waals surface area (Å²) in [6, 6.07) is 8.83. The smallest absolute Gasteiger partial charge is 0.328 e. The molecule has 0 bridgehead atoms. The Kier molecular flexibility index (Phi) is 4.41. The van der Waals surface area contributed by atoms with Crippen LogP contribution in [0.3, 0.4) is 0 Å². The van der Waals surface area contributed by atoms with E-state index in [4.69, 9.17) is 5.11 Å². The number of carboxylic acid groups (broad SMARTS) is 1. The minimum Gasteiger partial charge on any atom is -0.478 e. The molecule has 1 unspecified atom stereocenters. The monoisotopic (exact) mass is 258 g/mol. The molecule has 1 aromatic rings. The van der Waals surface area contributed by atoms with E-state index in [1.807, 2.05) is 0 Å². The van der Waals surface area contributed by atoms with Crippen LogP contribution in [-0.2, 0) is 4.79 Å². The molecular weight excluding hydrogens is 236 g/mol. The van der Waals surface area contributed by atoms with Gasteiger partial charge in [0.1, 0.15) is 0 Å². The van der Waals surface area contributed by atoms with Crippen LogP contribution in [0.15, 0.2) is 35.9 Å². The van der Waals surface area contributed by atoms with Gasteiger partial charge >= 0.3 is 5.97 Å². The third-order valence-electron chi connectivity index (χ3n) is 3.96. The maximum Gasteiger partial charge on any atom is 0.328 e. The Hall–Kier alpha value is -1.57. The molecule has 19 heavy (non-hydrogen) atoms. The molecule has 0 aliphatic heterocycles. The summed E-state index contributed by atoms with van der Waals surface area (Å²) in [5.74, 6) is 0.231. The van der Waals surface area contributed by atoms with Crippen LogP contribution in [0.4, 0.5) is 0 Å². The van der Waals surface area contributed by atoms with Crippen molar-refractivity contribution >= 4 is 5.97 Å². The van der Waals surface area contributed by atoms with Crippen LogP contribution in [0.1, 0.15) is 62.5 Å². The van der Waals surface area contributed by atoms with Crippen molar-refractivity contribution in [3.63, 3.8) is 0 Å². The van der Waals surface area contributed by atoms with Gasteiger partial charge in [-0.25, -0.2) is 4.79 Å². The van der Waals surface area contributed by atoms with Gasteiger partial charge in [-0.3, -0.25) is 0 Å². The van der Waals surface area contributed by atoms with Crippen LogP contribution in [0.25, 0.3) is 0 Å². The third-order valence-corrected chi connectivity index (χ3v) is 3.96. The molecule has 1 N–H and O–H groups in total. The molecule has 2 heteroatoms. The van der Waals surface area contributed by atoms with Crippen LogP contribution < -0.4 is 0 Å². The van der Waals surface area contributed by atoms with E-state index < -0.39 is 5.97 Å². The highest BCUT2D eigenvalue weighted by Crippen LogP contribution is 2.36. The summed E-state index contributed by atoms with van der Waals surface area (Å²) in [5.41, 5.74) is 3.79. The van der Waals surface area contributed by atoms with Gasteiger partial charge in [0, 0.05) is 6.08 Å². The Morgan fingerprint density at radius 1 is 1.32 bits per heavy atom. The second-order valence-electron chi connectivity index (χ2n) is 5.76. The molecule has 0 aromatic heterocycles. The van der Waals surface area contributed by atoms with Crippen molar-refractivity contribution < 1.29 is 9.90 Å². The summed E-state index contributed by atoms with van der Waals surface area (Å²) in [4.78, 5) is 10.8. The highest BCUT2D eigenvalue weighted by Gasteiger charge is 2.19. The molecule has 1 atom stereocenters. The van der Waals surface area contributed by atoms with Gasteiger partial charge in [0.05, 0.1) is 0 Å². The Balaban J connectivity index is 2.11. The summed E-state index contributed by atoms with van der Waals surface area (Å²) >= 11 is 0. The molecule has 2 rings (SSSR count). The lowest BCUT2D eigenvalue weighted by Crippen LogP contribution is -2.08. The van der Waals surface area contributed by atoms with Gasteiger partial charge in [0.25, 0.3) is 0 Å². The highest BCUT2D eigenvalue weighted by atomic mass is 16.4. The molecule has 0 spiro atoms. The molecule has 1 aromatic carbocycles. The Morgan fingerprint density at radius 2 is 2.00 bits per heavy atom. The predicted molar refractivity (Wildman–Crippen MR) is 77.5 cm³/mol. The first-order valence-corrected chi connectivity index (χ1v) is 7.08. The van der Waals surface area contributed by atoms with E-state index in [-0.39, 0.29) is 0 Å². The normalized spacial score (nSPS) is 21.8. The van der Waals surface area contributed by atoms with Crippen molar-refractivity contribution in [2.75, 3.05) is 0 Å². The van der Waals surface area contributed by atoms with Gasteiger partial charge in [-0.15, -0.1) is 0 Å². The van der Waals surface area contributed by atoms with Crippen molar-refractivity contribution in [1.29, 1.82) is 0 Å². The van der Waals surface area contributed by atoms with Gasteiger partial charge < -0.3 is 5.11 Å². The number of hydrogen-bond acceptors (Lipinski definition) is 1. The number of rotatable bonds is 3. The van der Waals surface area contributed by atoms with E-state index in [0.717, 1.165) is 31.3 Å². The minimum atomic E-state index is -0.814. The van der Waals surface area contributed by atoms with E-state index in [2.05, 4.69) is 38.1 Å². The maximum absolute atomic E-state index is 10.8. The first-order valence-electron chi connectivity index (χ1n) is 7.08. The fourth-order valence-electron chi connectivity index (χ4n) is 2.84. The Morgan fingerprint density at radius 3 is 2.58 bits per heavy atom. The summed E-state index contributed by atoms with van der Waals surface area (Å²) < 4.78 is 0. The average Bonchev–Trinajstić information content (AvgIpc) is 2.38. The summed E-state index contributed by atoms with van der Waals surface area (Å²) in [6.07, 6.45) is 5.49. The van der Waals surface area contributed by atoms with E-state index in [1.54, 1.807) is 0 Å². The third kappa shape index (κ3) is 3.69.